The average molecular weight is 532 g/mol. The third-order valence-electron chi connectivity index (χ3n) is 6.35. The number of nitrogens with zero attached hydrogens (tertiary/aromatic N) is 1. The summed E-state index contributed by atoms with van der Waals surface area (Å²) in [5.41, 5.74) is 3.74. The lowest BCUT2D eigenvalue weighted by Crippen LogP contribution is -2.22. The number of esters is 1. The summed E-state index contributed by atoms with van der Waals surface area (Å²) in [6.45, 7) is 1.83. The number of aromatic nitrogens is 2. The minimum absolute atomic E-state index is 0.108. The van der Waals surface area contributed by atoms with E-state index in [1.54, 1.807) is 61.7 Å². The predicted octanol–water partition coefficient (Wildman–Crippen LogP) is 5.73. The Morgan fingerprint density at radius 1 is 1.05 bits per heavy atom. The van der Waals surface area contributed by atoms with Crippen molar-refractivity contribution >= 4 is 51.0 Å². The van der Waals surface area contributed by atoms with Crippen LogP contribution in [-0.4, -0.2) is 39.7 Å². The van der Waals surface area contributed by atoms with Crippen LogP contribution in [0.3, 0.4) is 0 Å². The number of benzene rings is 3. The van der Waals surface area contributed by atoms with Gasteiger partial charge in [-0.25, -0.2) is 4.79 Å². The number of aromatic amines is 1. The van der Waals surface area contributed by atoms with Gasteiger partial charge in [-0.3, -0.25) is 4.79 Å². The first-order chi connectivity index (χ1) is 18.3. The van der Waals surface area contributed by atoms with Crippen molar-refractivity contribution in [2.24, 2.45) is 7.05 Å². The number of phenolic OH excluding ortho intramolecular Hbond substituents is 1. The fraction of sp³-hybridized carbons (Fsp3) is 0.172. The predicted molar refractivity (Wildman–Crippen MR) is 147 cm³/mol. The molecule has 1 unspecified atom stereocenters. The number of rotatable bonds is 8. The van der Waals surface area contributed by atoms with E-state index in [9.17, 15) is 14.7 Å². The van der Waals surface area contributed by atoms with Gasteiger partial charge in [0.05, 0.1) is 18.0 Å². The monoisotopic (exact) mass is 531 g/mol. The molecular formula is C29H26ClN3O5. The first-order valence-electron chi connectivity index (χ1n) is 12.1. The number of H-pyrrole nitrogens is 1. The number of phenols is 1. The number of hydrogen-bond acceptors (Lipinski definition) is 5. The van der Waals surface area contributed by atoms with Crippen LogP contribution in [0.5, 0.6) is 11.5 Å². The number of carbonyl (C=O) groups excluding carboxylic acids is 2. The summed E-state index contributed by atoms with van der Waals surface area (Å²) in [6.07, 6.45) is 3.71. The highest BCUT2D eigenvalue weighted by atomic mass is 35.5. The van der Waals surface area contributed by atoms with Crippen LogP contribution >= 0.6 is 11.6 Å². The number of amides is 1. The lowest BCUT2D eigenvalue weighted by Gasteiger charge is -2.17. The molecule has 194 valence electrons. The molecule has 2 heterocycles. The van der Waals surface area contributed by atoms with Gasteiger partial charge >= 0.3 is 5.97 Å². The largest absolute Gasteiger partial charge is 0.508 e. The van der Waals surface area contributed by atoms with E-state index in [0.717, 1.165) is 32.9 Å². The number of fused-ring (bicyclic) bond motifs is 2. The number of ether oxygens (including phenoxy) is 2. The fourth-order valence-corrected chi connectivity index (χ4v) is 4.75. The maximum absolute atomic E-state index is 13.9. The van der Waals surface area contributed by atoms with Crippen LogP contribution in [0, 0.1) is 0 Å². The van der Waals surface area contributed by atoms with Crippen molar-refractivity contribution in [3.63, 3.8) is 0 Å². The van der Waals surface area contributed by atoms with Crippen molar-refractivity contribution in [1.29, 1.82) is 0 Å². The van der Waals surface area contributed by atoms with E-state index in [-0.39, 0.29) is 24.9 Å². The van der Waals surface area contributed by atoms with Gasteiger partial charge in [0.1, 0.15) is 11.5 Å². The van der Waals surface area contributed by atoms with E-state index < -0.39 is 11.9 Å². The number of carbonyl (C=O) groups is 2. The van der Waals surface area contributed by atoms with Gasteiger partial charge < -0.3 is 29.4 Å². The van der Waals surface area contributed by atoms with Gasteiger partial charge in [0.25, 0.3) is 0 Å². The Kier molecular flexibility index (Phi) is 6.98. The molecule has 0 aliphatic heterocycles. The summed E-state index contributed by atoms with van der Waals surface area (Å²) in [7, 11) is 1.89. The lowest BCUT2D eigenvalue weighted by atomic mass is 9.89. The van der Waals surface area contributed by atoms with Crippen LogP contribution in [0.1, 0.15) is 24.0 Å². The first-order valence-corrected chi connectivity index (χ1v) is 12.5. The number of aryl methyl sites for hydroxylation is 1. The van der Waals surface area contributed by atoms with Crippen molar-refractivity contribution in [2.75, 3.05) is 18.5 Å². The van der Waals surface area contributed by atoms with Crippen molar-refractivity contribution in [1.82, 2.24) is 9.55 Å². The van der Waals surface area contributed by atoms with Gasteiger partial charge in [0, 0.05) is 52.5 Å². The zero-order valence-corrected chi connectivity index (χ0v) is 21.6. The summed E-state index contributed by atoms with van der Waals surface area (Å²) < 4.78 is 12.5. The molecule has 0 saturated carbocycles. The molecule has 1 atom stereocenters. The lowest BCUT2D eigenvalue weighted by molar-refractivity contribution is -0.145. The molecule has 5 rings (SSSR count). The molecule has 0 saturated heterocycles. The number of halogens is 1. The molecule has 0 fully saturated rings. The zero-order valence-electron chi connectivity index (χ0n) is 20.8. The molecule has 2 aromatic heterocycles. The van der Waals surface area contributed by atoms with Crippen LogP contribution in [0.25, 0.3) is 21.8 Å². The highest BCUT2D eigenvalue weighted by Crippen LogP contribution is 2.38. The third kappa shape index (κ3) is 5.03. The quantitative estimate of drug-likeness (QED) is 0.222. The zero-order chi connectivity index (χ0) is 26.8. The molecule has 38 heavy (non-hydrogen) atoms. The number of anilines is 1. The standard InChI is InChI=1S/C29H26ClN3O5/c1-3-37-27(35)16-38-20-9-10-21-24(15-33(2)26(21)13-20)28(29(36)32-18-6-4-17(30)5-7-18)23-14-31-25-11-8-19(34)12-22(23)25/h4-15,28,31,34H,3,16H2,1-2H3,(H,32,36). The Balaban J connectivity index is 1.58. The van der Waals surface area contributed by atoms with E-state index in [1.165, 1.54) is 0 Å². The molecule has 0 aliphatic rings. The molecule has 0 spiro atoms. The Morgan fingerprint density at radius 3 is 2.61 bits per heavy atom. The third-order valence-corrected chi connectivity index (χ3v) is 6.60. The maximum atomic E-state index is 13.9. The van der Waals surface area contributed by atoms with E-state index >= 15 is 0 Å². The molecule has 3 N–H and O–H groups in total. The highest BCUT2D eigenvalue weighted by Gasteiger charge is 2.29. The second-order valence-electron chi connectivity index (χ2n) is 8.87. The number of nitrogens with one attached hydrogen (secondary N) is 2. The average Bonchev–Trinajstić information content (AvgIpc) is 3.45. The Bertz CT molecular complexity index is 1640. The van der Waals surface area contributed by atoms with Gasteiger partial charge in [0.2, 0.25) is 5.91 Å². The molecule has 0 bridgehead atoms. The van der Waals surface area contributed by atoms with Crippen LogP contribution < -0.4 is 10.1 Å². The fourth-order valence-electron chi connectivity index (χ4n) is 4.63. The molecule has 9 heteroatoms. The topological polar surface area (TPSA) is 106 Å². The van der Waals surface area contributed by atoms with E-state index in [4.69, 9.17) is 21.1 Å². The van der Waals surface area contributed by atoms with Crippen LogP contribution in [-0.2, 0) is 21.4 Å². The Labute approximate surface area is 223 Å². The maximum Gasteiger partial charge on any atom is 0.344 e. The molecular weight excluding hydrogens is 506 g/mol. The SMILES string of the molecule is CCOC(=O)COc1ccc2c(C(C(=O)Nc3ccc(Cl)cc3)c3c[nH]c4ccc(O)cc34)cn(C)c2c1. The van der Waals surface area contributed by atoms with Crippen molar-refractivity contribution in [3.05, 3.63) is 89.2 Å². The highest BCUT2D eigenvalue weighted by molar-refractivity contribution is 6.30. The molecule has 3 aromatic carbocycles. The smallest absolute Gasteiger partial charge is 0.344 e. The van der Waals surface area contributed by atoms with Crippen molar-refractivity contribution in [2.45, 2.75) is 12.8 Å². The van der Waals surface area contributed by atoms with Gasteiger partial charge in [-0.1, -0.05) is 11.6 Å². The molecule has 1 amide bonds. The molecule has 0 aliphatic carbocycles. The van der Waals surface area contributed by atoms with Gasteiger partial charge in [-0.05, 0) is 72.6 Å². The number of hydrogen-bond donors (Lipinski definition) is 3. The first kappa shape index (κ1) is 25.2. The van der Waals surface area contributed by atoms with Crippen molar-refractivity contribution < 1.29 is 24.2 Å². The van der Waals surface area contributed by atoms with Gasteiger partial charge in [0.15, 0.2) is 6.61 Å². The number of aromatic hydroxyl groups is 1. The Hall–Kier alpha value is -4.43. The second kappa shape index (κ2) is 10.5. The van der Waals surface area contributed by atoms with Gasteiger partial charge in [-0.2, -0.15) is 0 Å². The second-order valence-corrected chi connectivity index (χ2v) is 9.31. The Morgan fingerprint density at radius 2 is 1.84 bits per heavy atom. The minimum Gasteiger partial charge on any atom is -0.508 e. The van der Waals surface area contributed by atoms with E-state index in [2.05, 4.69) is 10.3 Å². The van der Waals surface area contributed by atoms with E-state index in [0.29, 0.717) is 16.5 Å². The summed E-state index contributed by atoms with van der Waals surface area (Å²) in [5, 5.41) is 15.3. The normalized spacial score (nSPS) is 12.0. The van der Waals surface area contributed by atoms with Gasteiger partial charge in [-0.15, -0.1) is 0 Å². The van der Waals surface area contributed by atoms with Crippen LogP contribution in [0.2, 0.25) is 5.02 Å². The van der Waals surface area contributed by atoms with Crippen LogP contribution in [0.4, 0.5) is 5.69 Å². The van der Waals surface area contributed by atoms with Crippen LogP contribution in [0.15, 0.2) is 73.1 Å². The summed E-state index contributed by atoms with van der Waals surface area (Å²) in [6, 6.07) is 17.4. The van der Waals surface area contributed by atoms with Crippen molar-refractivity contribution in [3.8, 4) is 11.5 Å². The summed E-state index contributed by atoms with van der Waals surface area (Å²) in [4.78, 5) is 28.8. The molecule has 8 nitrogen and oxygen atoms in total. The van der Waals surface area contributed by atoms with E-state index in [1.807, 2.05) is 29.9 Å². The molecule has 5 aromatic rings. The summed E-state index contributed by atoms with van der Waals surface area (Å²) in [5.74, 6) is -0.779. The molecule has 0 radical (unpaired) electrons. The minimum atomic E-state index is -0.712. The summed E-state index contributed by atoms with van der Waals surface area (Å²) >= 11 is 6.03.